The summed E-state index contributed by atoms with van der Waals surface area (Å²) in [6.07, 6.45) is 0. The standard InChI is InChI=1S/C14H16FN3OS3/c1-9(2)21-14-18-17-13(22-14)16-12(19)8-20-7-10-5-3-4-6-11(10)15/h3-6,9H,7-8H2,1-2H3,(H,16,17,19). The largest absolute Gasteiger partial charge is 0.300 e. The fourth-order valence-corrected chi connectivity index (χ4v) is 4.34. The Morgan fingerprint density at radius 2 is 2.14 bits per heavy atom. The van der Waals surface area contributed by atoms with E-state index in [1.165, 1.54) is 29.2 Å². The molecule has 0 saturated heterocycles. The van der Waals surface area contributed by atoms with Crippen LogP contribution in [0.4, 0.5) is 9.52 Å². The Kier molecular flexibility index (Phi) is 6.66. The number of aromatic nitrogens is 2. The summed E-state index contributed by atoms with van der Waals surface area (Å²) in [5, 5.41) is 11.6. The van der Waals surface area contributed by atoms with Crippen molar-refractivity contribution in [3.05, 3.63) is 35.6 Å². The molecule has 1 heterocycles. The number of thioether (sulfide) groups is 2. The van der Waals surface area contributed by atoms with Crippen molar-refractivity contribution in [1.29, 1.82) is 0 Å². The molecule has 0 unspecified atom stereocenters. The van der Waals surface area contributed by atoms with E-state index < -0.39 is 0 Å². The van der Waals surface area contributed by atoms with Crippen LogP contribution in [0.25, 0.3) is 0 Å². The van der Waals surface area contributed by atoms with Gasteiger partial charge in [-0.25, -0.2) is 4.39 Å². The highest BCUT2D eigenvalue weighted by Crippen LogP contribution is 2.28. The minimum Gasteiger partial charge on any atom is -0.300 e. The first-order valence-electron chi connectivity index (χ1n) is 6.65. The highest BCUT2D eigenvalue weighted by molar-refractivity contribution is 8.01. The van der Waals surface area contributed by atoms with Crippen LogP contribution in [0.3, 0.4) is 0 Å². The number of hydrogen-bond donors (Lipinski definition) is 1. The molecule has 0 aliphatic heterocycles. The lowest BCUT2D eigenvalue weighted by molar-refractivity contribution is -0.113. The molecule has 0 bridgehead atoms. The molecule has 0 radical (unpaired) electrons. The van der Waals surface area contributed by atoms with Crippen molar-refractivity contribution in [2.75, 3.05) is 11.1 Å². The van der Waals surface area contributed by atoms with Gasteiger partial charge in [-0.3, -0.25) is 10.1 Å². The van der Waals surface area contributed by atoms with Crippen molar-refractivity contribution in [2.45, 2.75) is 29.2 Å². The van der Waals surface area contributed by atoms with Crippen LogP contribution in [0.2, 0.25) is 0 Å². The highest BCUT2D eigenvalue weighted by Gasteiger charge is 2.10. The normalized spacial score (nSPS) is 10.9. The van der Waals surface area contributed by atoms with E-state index in [2.05, 4.69) is 29.4 Å². The third-order valence-corrected chi connectivity index (χ3v) is 5.35. The van der Waals surface area contributed by atoms with Gasteiger partial charge in [0.1, 0.15) is 5.82 Å². The fraction of sp³-hybridized carbons (Fsp3) is 0.357. The Labute approximate surface area is 141 Å². The van der Waals surface area contributed by atoms with Crippen LogP contribution < -0.4 is 5.32 Å². The first kappa shape index (κ1) is 17.2. The topological polar surface area (TPSA) is 54.9 Å². The summed E-state index contributed by atoms with van der Waals surface area (Å²) in [4.78, 5) is 11.8. The van der Waals surface area contributed by atoms with Gasteiger partial charge < -0.3 is 0 Å². The lowest BCUT2D eigenvalue weighted by atomic mass is 10.2. The zero-order valence-corrected chi connectivity index (χ0v) is 14.7. The number of halogens is 1. The molecule has 1 aromatic heterocycles. The van der Waals surface area contributed by atoms with E-state index in [-0.39, 0.29) is 17.5 Å². The Morgan fingerprint density at radius 1 is 1.36 bits per heavy atom. The number of nitrogens with zero attached hydrogens (tertiary/aromatic N) is 2. The summed E-state index contributed by atoms with van der Waals surface area (Å²) in [5.41, 5.74) is 0.604. The molecule has 0 aliphatic rings. The maximum atomic E-state index is 13.4. The van der Waals surface area contributed by atoms with Crippen molar-refractivity contribution in [3.8, 4) is 0 Å². The predicted octanol–water partition coefficient (Wildman–Crippen LogP) is 4.05. The number of carbonyl (C=O) groups excluding carboxylic acids is 1. The van der Waals surface area contributed by atoms with Gasteiger partial charge >= 0.3 is 0 Å². The van der Waals surface area contributed by atoms with Crippen LogP contribution in [0, 0.1) is 5.82 Å². The molecule has 0 aliphatic carbocycles. The number of nitrogens with one attached hydrogen (secondary N) is 1. The third-order valence-electron chi connectivity index (χ3n) is 2.44. The van der Waals surface area contributed by atoms with Gasteiger partial charge in [0.2, 0.25) is 11.0 Å². The molecule has 0 spiro atoms. The van der Waals surface area contributed by atoms with Crippen molar-refractivity contribution in [3.63, 3.8) is 0 Å². The molecule has 1 N–H and O–H groups in total. The van der Waals surface area contributed by atoms with Crippen LogP contribution >= 0.6 is 34.9 Å². The van der Waals surface area contributed by atoms with Gasteiger partial charge in [0, 0.05) is 11.0 Å². The first-order valence-corrected chi connectivity index (χ1v) is 9.51. The summed E-state index contributed by atoms with van der Waals surface area (Å²) in [7, 11) is 0. The molecule has 2 aromatic rings. The molecule has 1 amide bonds. The lowest BCUT2D eigenvalue weighted by Gasteiger charge is -2.03. The van der Waals surface area contributed by atoms with E-state index >= 15 is 0 Å². The van der Waals surface area contributed by atoms with E-state index in [1.54, 1.807) is 30.0 Å². The second-order valence-electron chi connectivity index (χ2n) is 4.67. The Morgan fingerprint density at radius 3 is 2.86 bits per heavy atom. The molecule has 1 aromatic carbocycles. The molecule has 2 rings (SSSR count). The van der Waals surface area contributed by atoms with Crippen molar-refractivity contribution in [1.82, 2.24) is 10.2 Å². The zero-order valence-electron chi connectivity index (χ0n) is 12.2. The van der Waals surface area contributed by atoms with Gasteiger partial charge in [-0.2, -0.15) is 0 Å². The van der Waals surface area contributed by atoms with Crippen LogP contribution in [-0.4, -0.2) is 27.1 Å². The summed E-state index contributed by atoms with van der Waals surface area (Å²) in [5.74, 6) is 0.319. The van der Waals surface area contributed by atoms with E-state index in [0.717, 1.165) is 4.34 Å². The van der Waals surface area contributed by atoms with Crippen LogP contribution in [0.5, 0.6) is 0 Å². The maximum absolute atomic E-state index is 13.4. The minimum atomic E-state index is -0.241. The van der Waals surface area contributed by atoms with Gasteiger partial charge in [0.05, 0.1) is 5.75 Å². The Bertz CT molecular complexity index is 633. The second-order valence-corrected chi connectivity index (χ2v) is 8.46. The number of rotatable bonds is 7. The number of carbonyl (C=O) groups is 1. The van der Waals surface area contributed by atoms with E-state index in [4.69, 9.17) is 0 Å². The summed E-state index contributed by atoms with van der Waals surface area (Å²) in [6.45, 7) is 4.15. The molecule has 4 nitrogen and oxygen atoms in total. The van der Waals surface area contributed by atoms with Gasteiger partial charge in [0.25, 0.3) is 0 Å². The van der Waals surface area contributed by atoms with E-state index in [1.807, 2.05) is 0 Å². The Hall–Kier alpha value is -1.12. The zero-order chi connectivity index (χ0) is 15.9. The molecular formula is C14H16FN3OS3. The lowest BCUT2D eigenvalue weighted by Crippen LogP contribution is -2.14. The van der Waals surface area contributed by atoms with Gasteiger partial charge in [-0.05, 0) is 11.6 Å². The summed E-state index contributed by atoms with van der Waals surface area (Å²) in [6, 6.07) is 6.58. The molecule has 8 heteroatoms. The quantitative estimate of drug-likeness (QED) is 0.598. The Balaban J connectivity index is 1.76. The molecule has 0 atom stereocenters. The maximum Gasteiger partial charge on any atom is 0.236 e. The summed E-state index contributed by atoms with van der Waals surface area (Å²) < 4.78 is 14.3. The average Bonchev–Trinajstić information content (AvgIpc) is 2.87. The monoisotopic (exact) mass is 357 g/mol. The molecular weight excluding hydrogens is 341 g/mol. The van der Waals surface area contributed by atoms with Crippen molar-refractivity contribution in [2.24, 2.45) is 0 Å². The predicted molar refractivity (Wildman–Crippen MR) is 92.1 cm³/mol. The van der Waals surface area contributed by atoms with Gasteiger partial charge in [-0.15, -0.1) is 22.0 Å². The number of hydrogen-bond acceptors (Lipinski definition) is 6. The summed E-state index contributed by atoms with van der Waals surface area (Å²) >= 11 is 4.34. The molecule has 22 heavy (non-hydrogen) atoms. The highest BCUT2D eigenvalue weighted by atomic mass is 32.2. The molecule has 0 fully saturated rings. The van der Waals surface area contributed by atoms with Crippen LogP contribution in [0.15, 0.2) is 28.6 Å². The van der Waals surface area contributed by atoms with E-state index in [0.29, 0.717) is 21.7 Å². The number of benzene rings is 1. The third kappa shape index (κ3) is 5.58. The number of amides is 1. The molecule has 118 valence electrons. The SMILES string of the molecule is CC(C)Sc1nnc(NC(=O)CSCc2ccccc2F)s1. The second kappa shape index (κ2) is 8.50. The van der Waals surface area contributed by atoms with Crippen molar-refractivity contribution >= 4 is 45.9 Å². The van der Waals surface area contributed by atoms with E-state index in [9.17, 15) is 9.18 Å². The first-order chi connectivity index (χ1) is 10.5. The smallest absolute Gasteiger partial charge is 0.236 e. The van der Waals surface area contributed by atoms with Gasteiger partial charge in [0.15, 0.2) is 4.34 Å². The number of anilines is 1. The minimum absolute atomic E-state index is 0.154. The average molecular weight is 358 g/mol. The van der Waals surface area contributed by atoms with Crippen LogP contribution in [0.1, 0.15) is 19.4 Å². The van der Waals surface area contributed by atoms with Gasteiger partial charge in [-0.1, -0.05) is 55.1 Å². The van der Waals surface area contributed by atoms with Crippen molar-refractivity contribution < 1.29 is 9.18 Å². The van der Waals surface area contributed by atoms with Crippen LogP contribution in [-0.2, 0) is 10.5 Å². The fourth-order valence-electron chi connectivity index (χ4n) is 1.53. The molecule has 0 saturated carbocycles.